The zero-order chi connectivity index (χ0) is 21.8. The van der Waals surface area contributed by atoms with Gasteiger partial charge in [-0.25, -0.2) is 0 Å². The van der Waals surface area contributed by atoms with Crippen molar-refractivity contribution in [1.29, 1.82) is 0 Å². The highest BCUT2D eigenvalue weighted by Crippen LogP contribution is 2.70. The second kappa shape index (κ2) is 6.65. The molecule has 4 nitrogen and oxygen atoms in total. The van der Waals surface area contributed by atoms with Crippen molar-refractivity contribution in [2.75, 3.05) is 6.61 Å². The van der Waals surface area contributed by atoms with Crippen molar-refractivity contribution < 1.29 is 19.1 Å². The fraction of sp³-hybridized carbons (Fsp3) is 0.926. The summed E-state index contributed by atoms with van der Waals surface area (Å²) in [6.45, 7) is 10.4. The number of Topliss-reactive ketones (excluding diaryl/α,β-unsaturated/α-hetero) is 2. The average molecular weight is 429 g/mol. The number of hydrogen-bond donors (Lipinski definition) is 0. The molecule has 2 heterocycles. The predicted octanol–water partition coefficient (Wildman–Crippen LogP) is 5.18. The van der Waals surface area contributed by atoms with Crippen LogP contribution in [0.3, 0.4) is 0 Å². The van der Waals surface area contributed by atoms with Gasteiger partial charge in [0.15, 0.2) is 5.79 Å². The molecule has 0 radical (unpaired) electrons. The van der Waals surface area contributed by atoms with Gasteiger partial charge in [0.25, 0.3) is 0 Å². The quantitative estimate of drug-likeness (QED) is 0.533. The molecule has 6 aliphatic rings. The minimum absolute atomic E-state index is 0.0173. The maximum absolute atomic E-state index is 13.3. The molecule has 6 rings (SSSR count). The van der Waals surface area contributed by atoms with Crippen molar-refractivity contribution in [1.82, 2.24) is 0 Å². The lowest BCUT2D eigenvalue weighted by Crippen LogP contribution is -2.57. The van der Waals surface area contributed by atoms with E-state index in [0.717, 1.165) is 25.9 Å². The fourth-order valence-corrected chi connectivity index (χ4v) is 9.85. The Morgan fingerprint density at radius 1 is 0.935 bits per heavy atom. The molecule has 0 aromatic heterocycles. The zero-order valence-electron chi connectivity index (χ0n) is 19.8. The Hall–Kier alpha value is -0.740. The van der Waals surface area contributed by atoms with Crippen LogP contribution in [-0.4, -0.2) is 30.1 Å². The smallest absolute Gasteiger partial charge is 0.171 e. The molecule has 0 aromatic carbocycles. The van der Waals surface area contributed by atoms with Crippen molar-refractivity contribution in [2.24, 2.45) is 52.3 Å². The van der Waals surface area contributed by atoms with Crippen LogP contribution in [0.1, 0.15) is 85.5 Å². The van der Waals surface area contributed by atoms with Crippen LogP contribution in [0.4, 0.5) is 0 Å². The average Bonchev–Trinajstić information content (AvgIpc) is 3.17. The normalized spacial score (nSPS) is 58.6. The topological polar surface area (TPSA) is 52.6 Å². The number of ether oxygens (including phenoxy) is 2. The van der Waals surface area contributed by atoms with Crippen molar-refractivity contribution >= 4 is 11.6 Å². The minimum Gasteiger partial charge on any atom is -0.349 e. The summed E-state index contributed by atoms with van der Waals surface area (Å²) in [4.78, 5) is 25.5. The van der Waals surface area contributed by atoms with Gasteiger partial charge in [-0.2, -0.15) is 0 Å². The van der Waals surface area contributed by atoms with Crippen molar-refractivity contribution in [2.45, 2.75) is 97.4 Å². The summed E-state index contributed by atoms with van der Waals surface area (Å²) in [5.41, 5.74) is 0.276. The first-order valence-electron chi connectivity index (χ1n) is 13.0. The van der Waals surface area contributed by atoms with E-state index in [4.69, 9.17) is 9.47 Å². The van der Waals surface area contributed by atoms with Gasteiger partial charge in [0.05, 0.1) is 12.7 Å². The van der Waals surface area contributed by atoms with Gasteiger partial charge >= 0.3 is 0 Å². The highest BCUT2D eigenvalue weighted by atomic mass is 16.7. The summed E-state index contributed by atoms with van der Waals surface area (Å²) in [7, 11) is 0. The molecule has 4 aliphatic carbocycles. The van der Waals surface area contributed by atoms with E-state index in [1.165, 1.54) is 19.3 Å². The van der Waals surface area contributed by atoms with Crippen LogP contribution in [0.25, 0.3) is 0 Å². The Kier molecular flexibility index (Phi) is 4.47. The largest absolute Gasteiger partial charge is 0.349 e. The molecule has 0 aromatic rings. The lowest BCUT2D eigenvalue weighted by molar-refractivity contribution is -0.273. The monoisotopic (exact) mass is 428 g/mol. The molecule has 1 spiro atoms. The summed E-state index contributed by atoms with van der Waals surface area (Å²) < 4.78 is 13.3. The molecule has 0 unspecified atom stereocenters. The third-order valence-electron chi connectivity index (χ3n) is 11.5. The lowest BCUT2D eigenvalue weighted by Gasteiger charge is -2.59. The Bertz CT molecular complexity index is 797. The van der Waals surface area contributed by atoms with Crippen LogP contribution in [0, 0.1) is 52.3 Å². The fourth-order valence-electron chi connectivity index (χ4n) is 9.85. The van der Waals surface area contributed by atoms with Crippen LogP contribution in [0.15, 0.2) is 0 Å². The molecule has 11 atom stereocenters. The maximum Gasteiger partial charge on any atom is 0.171 e. The summed E-state index contributed by atoms with van der Waals surface area (Å²) in [5, 5.41) is 0. The molecule has 4 heteroatoms. The molecule has 4 saturated carbocycles. The van der Waals surface area contributed by atoms with Crippen LogP contribution in [0.2, 0.25) is 0 Å². The molecule has 172 valence electrons. The van der Waals surface area contributed by atoms with Gasteiger partial charge in [-0.3, -0.25) is 9.59 Å². The molecular formula is C27H40O4. The van der Waals surface area contributed by atoms with Gasteiger partial charge in [-0.05, 0) is 72.5 Å². The molecule has 31 heavy (non-hydrogen) atoms. The SMILES string of the molecule is C[C@H]1CC[C@@]2(OC1)O[C@H]1C[C@H]3[C@@H]4CC(=O)[C@H]5CC(=O)CC[C@]5(C)[C@H]4CC[C@]3(C)[C@H]1[C@@H]2C. The van der Waals surface area contributed by atoms with Crippen LogP contribution >= 0.6 is 0 Å². The molecule has 2 saturated heterocycles. The van der Waals surface area contributed by atoms with E-state index in [-0.39, 0.29) is 28.6 Å². The maximum atomic E-state index is 13.3. The Morgan fingerprint density at radius 3 is 2.48 bits per heavy atom. The summed E-state index contributed by atoms with van der Waals surface area (Å²) in [5.74, 6) is 3.54. The van der Waals surface area contributed by atoms with Gasteiger partial charge in [0.2, 0.25) is 0 Å². The van der Waals surface area contributed by atoms with Gasteiger partial charge in [0, 0.05) is 37.5 Å². The van der Waals surface area contributed by atoms with Crippen LogP contribution in [0.5, 0.6) is 0 Å². The Labute approximate surface area is 187 Å². The van der Waals surface area contributed by atoms with E-state index < -0.39 is 0 Å². The highest BCUT2D eigenvalue weighted by Gasteiger charge is 2.69. The molecule has 0 N–H and O–H groups in total. The first-order chi connectivity index (χ1) is 14.7. The second-order valence-corrected chi connectivity index (χ2v) is 12.9. The van der Waals surface area contributed by atoms with E-state index >= 15 is 0 Å². The highest BCUT2D eigenvalue weighted by molar-refractivity contribution is 5.90. The summed E-state index contributed by atoms with van der Waals surface area (Å²) in [6, 6.07) is 0. The third kappa shape index (κ3) is 2.67. The molecule has 6 fully saturated rings. The van der Waals surface area contributed by atoms with E-state index in [2.05, 4.69) is 27.7 Å². The second-order valence-electron chi connectivity index (χ2n) is 12.9. The van der Waals surface area contributed by atoms with E-state index in [0.29, 0.717) is 66.3 Å². The summed E-state index contributed by atoms with van der Waals surface area (Å²) in [6.07, 6.45) is 8.86. The molecule has 0 amide bonds. The Morgan fingerprint density at radius 2 is 1.74 bits per heavy atom. The molecule has 2 aliphatic heterocycles. The number of rotatable bonds is 0. The Balaban J connectivity index is 1.29. The van der Waals surface area contributed by atoms with Crippen LogP contribution in [-0.2, 0) is 19.1 Å². The van der Waals surface area contributed by atoms with Crippen molar-refractivity contribution in [3.05, 3.63) is 0 Å². The van der Waals surface area contributed by atoms with Crippen molar-refractivity contribution in [3.63, 3.8) is 0 Å². The first kappa shape index (κ1) is 20.8. The lowest BCUT2D eigenvalue weighted by atomic mass is 9.44. The minimum atomic E-state index is -0.365. The number of ketones is 2. The first-order valence-corrected chi connectivity index (χ1v) is 13.0. The summed E-state index contributed by atoms with van der Waals surface area (Å²) >= 11 is 0. The standard InChI is InChI=1S/C27H40O4/c1-15-5-10-27(30-14-15)16(2)24-23(31-27)13-20-18-12-22(29)21-11-17(28)6-8-25(21,3)19(18)7-9-26(20,24)4/h15-16,18-21,23-24H,5-14H2,1-4H3/t15-,16-,18+,19-,20-,21+,23-,24-,25+,26-,27+/m0/s1. The van der Waals surface area contributed by atoms with Crippen LogP contribution < -0.4 is 0 Å². The molecule has 0 bridgehead atoms. The number of hydrogen-bond acceptors (Lipinski definition) is 4. The zero-order valence-corrected chi connectivity index (χ0v) is 19.8. The van der Waals surface area contributed by atoms with E-state index in [1.807, 2.05) is 0 Å². The van der Waals surface area contributed by atoms with Crippen molar-refractivity contribution in [3.8, 4) is 0 Å². The van der Waals surface area contributed by atoms with Gasteiger partial charge in [-0.1, -0.05) is 27.7 Å². The number of fused-ring (bicyclic) bond motifs is 7. The van der Waals surface area contributed by atoms with E-state index in [1.54, 1.807) is 0 Å². The predicted molar refractivity (Wildman–Crippen MR) is 117 cm³/mol. The van der Waals surface area contributed by atoms with Gasteiger partial charge in [0.1, 0.15) is 11.6 Å². The number of carbonyl (C=O) groups excluding carboxylic acids is 2. The van der Waals surface area contributed by atoms with Gasteiger partial charge in [-0.15, -0.1) is 0 Å². The van der Waals surface area contributed by atoms with Gasteiger partial charge < -0.3 is 9.47 Å². The number of carbonyl (C=O) groups is 2. The molecular weight excluding hydrogens is 388 g/mol. The third-order valence-corrected chi connectivity index (χ3v) is 11.5. The van der Waals surface area contributed by atoms with E-state index in [9.17, 15) is 9.59 Å².